The lowest BCUT2D eigenvalue weighted by Gasteiger charge is -2.59. The lowest BCUT2D eigenvalue weighted by Crippen LogP contribution is -2.64. The van der Waals surface area contributed by atoms with Crippen LogP contribution in [-0.2, 0) is 4.79 Å². The number of amides is 2. The Morgan fingerprint density at radius 1 is 1.21 bits per heavy atom. The molecular weight excluding hydrogens is 393 g/mol. The van der Waals surface area contributed by atoms with Gasteiger partial charge in [0.1, 0.15) is 5.82 Å². The molecule has 29 heavy (non-hydrogen) atoms. The summed E-state index contributed by atoms with van der Waals surface area (Å²) >= 11 is 5.79. The number of carbonyl (C=O) groups excluding carboxylic acids is 2. The number of hydrogen-bond acceptors (Lipinski definition) is 3. The summed E-state index contributed by atoms with van der Waals surface area (Å²) in [5, 5.41) is 6.07. The number of carbonyl (C=O) groups is 2. The zero-order valence-electron chi connectivity index (χ0n) is 18.1. The van der Waals surface area contributed by atoms with Crippen LogP contribution in [0.3, 0.4) is 0 Å². The van der Waals surface area contributed by atoms with Gasteiger partial charge in [0.2, 0.25) is 5.91 Å². The predicted molar refractivity (Wildman–Crippen MR) is 115 cm³/mol. The van der Waals surface area contributed by atoms with Crippen LogP contribution in [0.15, 0.2) is 18.2 Å². The molecule has 0 bridgehead atoms. The van der Waals surface area contributed by atoms with E-state index in [1.54, 1.807) is 0 Å². The molecule has 0 aromatic heterocycles. The van der Waals surface area contributed by atoms with Crippen molar-refractivity contribution in [3.63, 3.8) is 0 Å². The van der Waals surface area contributed by atoms with Crippen LogP contribution >= 0.6 is 11.6 Å². The summed E-state index contributed by atoms with van der Waals surface area (Å²) in [6.07, 6.45) is 2.10. The highest BCUT2D eigenvalue weighted by molar-refractivity contribution is 6.31. The number of halogens is 2. The normalized spacial score (nSPS) is 18.2. The van der Waals surface area contributed by atoms with Crippen molar-refractivity contribution in [2.75, 3.05) is 26.2 Å². The van der Waals surface area contributed by atoms with E-state index in [4.69, 9.17) is 11.6 Å². The molecule has 1 saturated carbocycles. The Bertz CT molecular complexity index is 714. The summed E-state index contributed by atoms with van der Waals surface area (Å²) in [4.78, 5) is 26.3. The molecule has 7 heteroatoms. The van der Waals surface area contributed by atoms with Crippen LogP contribution in [0.2, 0.25) is 5.02 Å². The van der Waals surface area contributed by atoms with Crippen LogP contribution in [0.5, 0.6) is 0 Å². The first-order valence-electron chi connectivity index (χ1n) is 10.3. The quantitative estimate of drug-likeness (QED) is 0.752. The van der Waals surface area contributed by atoms with Gasteiger partial charge in [-0.15, -0.1) is 0 Å². The minimum atomic E-state index is -0.514. The Hall–Kier alpha value is -1.66. The Balaban J connectivity index is 0.00000145. The molecule has 1 spiro atoms. The molecule has 162 valence electrons. The van der Waals surface area contributed by atoms with E-state index in [2.05, 4.69) is 15.5 Å². The van der Waals surface area contributed by atoms with E-state index in [1.807, 2.05) is 34.6 Å². The highest BCUT2D eigenvalue weighted by atomic mass is 35.5. The van der Waals surface area contributed by atoms with Gasteiger partial charge >= 0.3 is 0 Å². The Morgan fingerprint density at radius 3 is 2.38 bits per heavy atom. The van der Waals surface area contributed by atoms with E-state index in [9.17, 15) is 14.0 Å². The van der Waals surface area contributed by atoms with Gasteiger partial charge in [0.15, 0.2) is 0 Å². The highest BCUT2D eigenvalue weighted by Crippen LogP contribution is 2.51. The topological polar surface area (TPSA) is 61.4 Å². The van der Waals surface area contributed by atoms with Crippen molar-refractivity contribution in [1.82, 2.24) is 15.5 Å². The van der Waals surface area contributed by atoms with Crippen LogP contribution in [-0.4, -0.2) is 48.4 Å². The van der Waals surface area contributed by atoms with Gasteiger partial charge in [-0.3, -0.25) is 14.5 Å². The lowest BCUT2D eigenvalue weighted by atomic mass is 9.57. The summed E-state index contributed by atoms with van der Waals surface area (Å²) in [5.74, 6) is -0.315. The molecule has 3 rings (SSSR count). The summed E-state index contributed by atoms with van der Waals surface area (Å²) in [5.41, 5.74) is 0.346. The standard InChI is InChI=1S/C20H27ClFN3O2.C2H6/c1-19(2,3)24-17(26)10-25-11-20(12-25)7-13(8-20)9-23-18(27)14-4-15(21)6-16(22)5-14;1-2/h4-6,13H,7-12H2,1-3H3,(H,23,27)(H,24,26);1-2H3. The van der Waals surface area contributed by atoms with E-state index in [-0.39, 0.29) is 27.9 Å². The third-order valence-corrected chi connectivity index (χ3v) is 5.34. The molecule has 2 N–H and O–H groups in total. The van der Waals surface area contributed by atoms with Gasteiger partial charge in [-0.1, -0.05) is 25.4 Å². The molecule has 2 fully saturated rings. The van der Waals surface area contributed by atoms with E-state index in [0.717, 1.165) is 25.9 Å². The molecule has 5 nitrogen and oxygen atoms in total. The fourth-order valence-corrected chi connectivity index (χ4v) is 4.49. The van der Waals surface area contributed by atoms with Crippen molar-refractivity contribution in [3.05, 3.63) is 34.6 Å². The van der Waals surface area contributed by atoms with Crippen LogP contribution in [0.1, 0.15) is 57.8 Å². The zero-order chi connectivity index (χ0) is 21.8. The van der Waals surface area contributed by atoms with E-state index in [0.29, 0.717) is 24.4 Å². The fraction of sp³-hybridized carbons (Fsp3) is 0.636. The minimum Gasteiger partial charge on any atom is -0.352 e. The van der Waals surface area contributed by atoms with Crippen LogP contribution in [0, 0.1) is 17.2 Å². The monoisotopic (exact) mass is 425 g/mol. The largest absolute Gasteiger partial charge is 0.352 e. The zero-order valence-corrected chi connectivity index (χ0v) is 18.8. The van der Waals surface area contributed by atoms with Gasteiger partial charge in [0.05, 0.1) is 6.54 Å². The summed E-state index contributed by atoms with van der Waals surface area (Å²) in [7, 11) is 0. The van der Waals surface area contributed by atoms with Gasteiger partial charge < -0.3 is 10.6 Å². The summed E-state index contributed by atoms with van der Waals surface area (Å²) < 4.78 is 13.3. The Labute approximate surface area is 178 Å². The van der Waals surface area contributed by atoms with Gasteiger partial charge in [0.25, 0.3) is 5.91 Å². The van der Waals surface area contributed by atoms with Crippen molar-refractivity contribution in [2.24, 2.45) is 11.3 Å². The van der Waals surface area contributed by atoms with E-state index < -0.39 is 5.82 Å². The number of benzene rings is 1. The molecule has 2 amide bonds. The molecule has 1 aliphatic heterocycles. The van der Waals surface area contributed by atoms with Gasteiger partial charge in [-0.05, 0) is 63.1 Å². The van der Waals surface area contributed by atoms with Crippen molar-refractivity contribution in [3.8, 4) is 0 Å². The Morgan fingerprint density at radius 2 is 1.83 bits per heavy atom. The molecule has 1 aromatic carbocycles. The first-order valence-corrected chi connectivity index (χ1v) is 10.7. The number of hydrogen-bond donors (Lipinski definition) is 2. The maximum Gasteiger partial charge on any atom is 0.251 e. The second-order valence-electron chi connectivity index (χ2n) is 9.09. The van der Waals surface area contributed by atoms with Crippen LogP contribution in [0.4, 0.5) is 4.39 Å². The first kappa shape index (κ1) is 23.6. The molecular formula is C22H33ClFN3O2. The highest BCUT2D eigenvalue weighted by Gasteiger charge is 2.52. The molecule has 1 aliphatic carbocycles. The smallest absolute Gasteiger partial charge is 0.251 e. The molecule has 2 aliphatic rings. The average Bonchev–Trinajstić information content (AvgIpc) is 2.53. The molecule has 0 radical (unpaired) electrons. The lowest BCUT2D eigenvalue weighted by molar-refractivity contribution is -0.133. The summed E-state index contributed by atoms with van der Waals surface area (Å²) in [6, 6.07) is 3.84. The average molecular weight is 426 g/mol. The molecule has 1 aromatic rings. The molecule has 1 saturated heterocycles. The fourth-order valence-electron chi connectivity index (χ4n) is 4.27. The maximum absolute atomic E-state index is 13.3. The van der Waals surface area contributed by atoms with Crippen molar-refractivity contribution >= 4 is 23.4 Å². The summed E-state index contributed by atoms with van der Waals surface area (Å²) in [6.45, 7) is 12.8. The Kier molecular flexibility index (Phi) is 7.68. The van der Waals surface area contributed by atoms with Crippen molar-refractivity contribution in [1.29, 1.82) is 0 Å². The number of nitrogens with one attached hydrogen (secondary N) is 2. The van der Waals surface area contributed by atoms with Crippen molar-refractivity contribution in [2.45, 2.75) is 53.0 Å². The molecule has 1 heterocycles. The second-order valence-corrected chi connectivity index (χ2v) is 9.52. The van der Waals surface area contributed by atoms with Crippen LogP contribution < -0.4 is 10.6 Å². The third kappa shape index (κ3) is 6.68. The molecule has 0 unspecified atom stereocenters. The number of likely N-dealkylation sites (tertiary alicyclic amines) is 1. The predicted octanol–water partition coefficient (Wildman–Crippen LogP) is 3.86. The van der Waals surface area contributed by atoms with E-state index >= 15 is 0 Å². The SMILES string of the molecule is CC.CC(C)(C)NC(=O)CN1CC2(CC(CNC(=O)c3cc(F)cc(Cl)c3)C2)C1. The van der Waals surface area contributed by atoms with Gasteiger partial charge in [0, 0.05) is 35.8 Å². The van der Waals surface area contributed by atoms with Gasteiger partial charge in [-0.2, -0.15) is 0 Å². The maximum atomic E-state index is 13.3. The first-order chi connectivity index (χ1) is 13.5. The van der Waals surface area contributed by atoms with Crippen LogP contribution in [0.25, 0.3) is 0 Å². The van der Waals surface area contributed by atoms with E-state index in [1.165, 1.54) is 18.2 Å². The number of nitrogens with zero attached hydrogens (tertiary/aromatic N) is 1. The minimum absolute atomic E-state index is 0.0641. The van der Waals surface area contributed by atoms with Gasteiger partial charge in [-0.25, -0.2) is 4.39 Å². The third-order valence-electron chi connectivity index (χ3n) is 5.12. The number of rotatable bonds is 5. The van der Waals surface area contributed by atoms with Crippen molar-refractivity contribution < 1.29 is 14.0 Å². The second kappa shape index (κ2) is 9.43. The molecule has 0 atom stereocenters.